The molecule has 0 aromatic heterocycles. The van der Waals surface area contributed by atoms with E-state index in [9.17, 15) is 13.6 Å². The Balaban J connectivity index is 2.43. The third-order valence-corrected chi connectivity index (χ3v) is 4.07. The number of hydrogen-bond donors (Lipinski definition) is 0. The Labute approximate surface area is 159 Å². The Kier molecular flexibility index (Phi) is 6.77. The van der Waals surface area contributed by atoms with Crippen molar-refractivity contribution in [3.63, 3.8) is 0 Å². The maximum absolute atomic E-state index is 13.9. The number of halogens is 4. The number of hydrogen-bond acceptors (Lipinski definition) is 3. The van der Waals surface area contributed by atoms with E-state index >= 15 is 0 Å². The zero-order valence-electron chi connectivity index (χ0n) is 13.9. The molecule has 26 heavy (non-hydrogen) atoms. The Bertz CT molecular complexity index is 821. The molecule has 0 atom stereocenters. The molecule has 0 unspecified atom stereocenters. The van der Waals surface area contributed by atoms with E-state index in [1.807, 2.05) is 0 Å². The summed E-state index contributed by atoms with van der Waals surface area (Å²) in [4.78, 5) is 12.8. The van der Waals surface area contributed by atoms with Gasteiger partial charge in [0.2, 0.25) is 0 Å². The second-order valence-corrected chi connectivity index (χ2v) is 5.51. The number of allylic oxidation sites excluding steroid dienone is 2. The molecule has 0 aliphatic rings. The topological polar surface area (TPSA) is 35.5 Å². The Morgan fingerprint density at radius 3 is 1.50 bits per heavy atom. The van der Waals surface area contributed by atoms with Crippen LogP contribution in [0.5, 0.6) is 11.5 Å². The van der Waals surface area contributed by atoms with Crippen LogP contribution in [-0.4, -0.2) is 20.0 Å². The van der Waals surface area contributed by atoms with Gasteiger partial charge in [0.05, 0.1) is 14.2 Å². The van der Waals surface area contributed by atoms with Gasteiger partial charge in [0.1, 0.15) is 0 Å². The monoisotopic (exact) mass is 398 g/mol. The predicted octanol–water partition coefficient (Wildman–Crippen LogP) is 5.41. The first kappa shape index (κ1) is 19.9. The van der Waals surface area contributed by atoms with Crippen LogP contribution < -0.4 is 9.47 Å². The largest absolute Gasteiger partial charge is 0.494 e. The van der Waals surface area contributed by atoms with Crippen molar-refractivity contribution in [2.75, 3.05) is 14.2 Å². The van der Waals surface area contributed by atoms with E-state index in [0.29, 0.717) is 0 Å². The van der Waals surface area contributed by atoms with Gasteiger partial charge in [0.25, 0.3) is 0 Å². The summed E-state index contributed by atoms with van der Waals surface area (Å²) < 4.78 is 37.6. The minimum atomic E-state index is -0.652. The lowest BCUT2D eigenvalue weighted by Crippen LogP contribution is -2.06. The van der Waals surface area contributed by atoms with E-state index in [1.165, 1.54) is 38.5 Å². The molecular formula is C19H14Cl2F2O3. The van der Waals surface area contributed by atoms with Crippen molar-refractivity contribution < 1.29 is 23.0 Å². The summed E-state index contributed by atoms with van der Waals surface area (Å²) >= 11 is 11.6. The van der Waals surface area contributed by atoms with Crippen LogP contribution in [0.4, 0.5) is 8.78 Å². The predicted molar refractivity (Wildman–Crippen MR) is 98.6 cm³/mol. The molecule has 0 saturated carbocycles. The first-order chi connectivity index (χ1) is 12.5. The fourth-order valence-corrected chi connectivity index (χ4v) is 2.75. The summed E-state index contributed by atoms with van der Waals surface area (Å²) in [7, 11) is 2.65. The highest BCUT2D eigenvalue weighted by molar-refractivity contribution is 6.49. The van der Waals surface area contributed by atoms with Gasteiger partial charge < -0.3 is 9.47 Å². The molecule has 0 amide bonds. The SMILES string of the molecule is COc1ccc(/C(=C/Cl)C(=O)/C(=C\Cl)c2ccc(OC)c(F)c2)cc1F. The van der Waals surface area contributed by atoms with Crippen LogP contribution in [0.1, 0.15) is 11.1 Å². The van der Waals surface area contributed by atoms with E-state index < -0.39 is 17.4 Å². The highest BCUT2D eigenvalue weighted by Crippen LogP contribution is 2.30. The van der Waals surface area contributed by atoms with Gasteiger partial charge in [-0.05, 0) is 35.4 Å². The van der Waals surface area contributed by atoms with Gasteiger partial charge in [0.15, 0.2) is 28.9 Å². The van der Waals surface area contributed by atoms with Crippen LogP contribution in [0, 0.1) is 11.6 Å². The molecule has 3 nitrogen and oxygen atoms in total. The molecule has 0 aliphatic heterocycles. The zero-order chi connectivity index (χ0) is 19.3. The maximum Gasteiger partial charge on any atom is 0.196 e. The van der Waals surface area contributed by atoms with Crippen molar-refractivity contribution >= 4 is 40.1 Å². The third kappa shape index (κ3) is 4.06. The minimum Gasteiger partial charge on any atom is -0.494 e. The lowest BCUT2D eigenvalue weighted by molar-refractivity contribution is -0.108. The molecular weight excluding hydrogens is 385 g/mol. The second kappa shape index (κ2) is 8.83. The number of benzene rings is 2. The van der Waals surface area contributed by atoms with E-state index in [1.54, 1.807) is 0 Å². The second-order valence-electron chi connectivity index (χ2n) is 5.07. The normalized spacial score (nSPS) is 12.1. The van der Waals surface area contributed by atoms with E-state index in [4.69, 9.17) is 32.7 Å². The van der Waals surface area contributed by atoms with Crippen molar-refractivity contribution in [3.8, 4) is 11.5 Å². The van der Waals surface area contributed by atoms with E-state index in [0.717, 1.165) is 23.2 Å². The fourth-order valence-electron chi connectivity index (χ4n) is 2.30. The molecule has 0 heterocycles. The molecule has 2 aromatic rings. The van der Waals surface area contributed by atoms with Crippen molar-refractivity contribution in [3.05, 3.63) is 70.2 Å². The molecule has 0 fully saturated rings. The number of carbonyl (C=O) groups excluding carboxylic acids is 1. The van der Waals surface area contributed by atoms with E-state index in [2.05, 4.69) is 0 Å². The average Bonchev–Trinajstić information content (AvgIpc) is 2.63. The standard InChI is InChI=1S/C19H14Cl2F2O3/c1-25-17-5-3-11(7-15(17)22)13(9-20)19(24)14(10-21)12-4-6-18(26-2)16(23)8-12/h3-10H,1-2H3/b13-9-,14-10-. The van der Waals surface area contributed by atoms with Gasteiger partial charge in [-0.3, -0.25) is 4.79 Å². The molecule has 0 bridgehead atoms. The van der Waals surface area contributed by atoms with Crippen molar-refractivity contribution in [1.82, 2.24) is 0 Å². The van der Waals surface area contributed by atoms with Gasteiger partial charge in [-0.15, -0.1) is 0 Å². The molecule has 0 aliphatic carbocycles. The van der Waals surface area contributed by atoms with E-state index in [-0.39, 0.29) is 33.8 Å². The number of rotatable bonds is 6. The number of ketones is 1. The zero-order valence-corrected chi connectivity index (χ0v) is 15.4. The summed E-state index contributed by atoms with van der Waals surface area (Å²) in [5.74, 6) is -1.84. The summed E-state index contributed by atoms with van der Waals surface area (Å²) in [5.41, 5.74) is 2.49. The first-order valence-electron chi connectivity index (χ1n) is 7.30. The van der Waals surface area contributed by atoms with Crippen molar-refractivity contribution in [2.24, 2.45) is 0 Å². The van der Waals surface area contributed by atoms with Crippen LogP contribution in [0.15, 0.2) is 47.5 Å². The molecule has 0 radical (unpaired) electrons. The van der Waals surface area contributed by atoms with Crippen LogP contribution in [0.2, 0.25) is 0 Å². The summed E-state index contributed by atoms with van der Waals surface area (Å²) in [6.07, 6.45) is 0. The van der Waals surface area contributed by atoms with Crippen LogP contribution >= 0.6 is 23.2 Å². The van der Waals surface area contributed by atoms with Gasteiger partial charge in [-0.25, -0.2) is 8.78 Å². The lowest BCUT2D eigenvalue weighted by Gasteiger charge is -2.11. The average molecular weight is 399 g/mol. The number of ether oxygens (including phenoxy) is 2. The summed E-state index contributed by atoms with van der Waals surface area (Å²) in [6.45, 7) is 0. The van der Waals surface area contributed by atoms with Crippen LogP contribution in [0.3, 0.4) is 0 Å². The highest BCUT2D eigenvalue weighted by atomic mass is 35.5. The first-order valence-corrected chi connectivity index (χ1v) is 8.17. The number of methoxy groups -OCH3 is 2. The lowest BCUT2D eigenvalue weighted by atomic mass is 9.94. The summed E-state index contributed by atoms with van der Waals surface area (Å²) in [5, 5.41) is 0. The third-order valence-electron chi connectivity index (χ3n) is 3.63. The Morgan fingerprint density at radius 1 is 0.846 bits per heavy atom. The number of carbonyl (C=O) groups is 1. The van der Waals surface area contributed by atoms with Crippen LogP contribution in [0.25, 0.3) is 11.1 Å². The van der Waals surface area contributed by atoms with Crippen molar-refractivity contribution in [1.29, 1.82) is 0 Å². The smallest absolute Gasteiger partial charge is 0.196 e. The minimum absolute atomic E-state index is 0.00338. The quantitative estimate of drug-likeness (QED) is 0.610. The fraction of sp³-hybridized carbons (Fsp3) is 0.105. The molecule has 136 valence electrons. The van der Waals surface area contributed by atoms with Gasteiger partial charge >= 0.3 is 0 Å². The van der Waals surface area contributed by atoms with Crippen LogP contribution in [-0.2, 0) is 4.79 Å². The van der Waals surface area contributed by atoms with Gasteiger partial charge in [0, 0.05) is 22.2 Å². The molecule has 7 heteroatoms. The van der Waals surface area contributed by atoms with Gasteiger partial charge in [-0.2, -0.15) is 0 Å². The Morgan fingerprint density at radius 2 is 1.23 bits per heavy atom. The highest BCUT2D eigenvalue weighted by Gasteiger charge is 2.20. The molecule has 0 saturated heterocycles. The molecule has 2 rings (SSSR count). The maximum atomic E-state index is 13.9. The molecule has 2 aromatic carbocycles. The van der Waals surface area contributed by atoms with Gasteiger partial charge in [-0.1, -0.05) is 35.3 Å². The Hall–Kier alpha value is -2.37. The molecule has 0 N–H and O–H groups in total. The summed E-state index contributed by atoms with van der Waals surface area (Å²) in [6, 6.07) is 7.94. The molecule has 0 spiro atoms. The van der Waals surface area contributed by atoms with Crippen molar-refractivity contribution in [2.45, 2.75) is 0 Å². The number of Topliss-reactive ketones (excluding diaryl/α,β-unsaturated/α-hetero) is 1.